The molecule has 120 valence electrons. The van der Waals surface area contributed by atoms with Gasteiger partial charge in [-0.15, -0.1) is 0 Å². The van der Waals surface area contributed by atoms with Crippen molar-refractivity contribution in [3.8, 4) is 0 Å². The zero-order valence-corrected chi connectivity index (χ0v) is 13.9. The Morgan fingerprint density at radius 1 is 1.43 bits per heavy atom. The number of hydrogen-bond acceptors (Lipinski definition) is 4. The molecule has 0 fully saturated rings. The van der Waals surface area contributed by atoms with Gasteiger partial charge in [0, 0.05) is 30.7 Å². The van der Waals surface area contributed by atoms with E-state index < -0.39 is 0 Å². The molecule has 0 radical (unpaired) electrons. The van der Waals surface area contributed by atoms with Crippen molar-refractivity contribution in [1.29, 1.82) is 0 Å². The van der Waals surface area contributed by atoms with Gasteiger partial charge in [-0.1, -0.05) is 11.6 Å². The molecular formula is C15H17ClN6O. The fraction of sp³-hybridized carbons (Fsp3) is 0.333. The molecule has 0 aliphatic carbocycles. The molecule has 0 saturated heterocycles. The largest absolute Gasteiger partial charge is 0.344 e. The first-order valence-electron chi connectivity index (χ1n) is 7.35. The summed E-state index contributed by atoms with van der Waals surface area (Å²) in [6, 6.07) is 1.53. The van der Waals surface area contributed by atoms with Gasteiger partial charge < -0.3 is 5.32 Å². The van der Waals surface area contributed by atoms with Crippen molar-refractivity contribution < 1.29 is 4.79 Å². The highest BCUT2D eigenvalue weighted by molar-refractivity contribution is 6.36. The van der Waals surface area contributed by atoms with E-state index in [1.807, 2.05) is 31.6 Å². The summed E-state index contributed by atoms with van der Waals surface area (Å²) in [6.45, 7) is 6.63. The molecule has 0 unspecified atom stereocenters. The molecule has 0 aliphatic rings. The Hall–Kier alpha value is -2.41. The maximum atomic E-state index is 12.5. The number of hydrogen-bond donors (Lipinski definition) is 1. The van der Waals surface area contributed by atoms with Crippen LogP contribution in [0.15, 0.2) is 24.7 Å². The van der Waals surface area contributed by atoms with Crippen LogP contribution in [0.1, 0.15) is 41.6 Å². The van der Waals surface area contributed by atoms with E-state index in [1.165, 1.54) is 4.52 Å². The molecule has 8 heteroatoms. The summed E-state index contributed by atoms with van der Waals surface area (Å²) >= 11 is 6.22. The van der Waals surface area contributed by atoms with E-state index >= 15 is 0 Å². The number of nitrogens with one attached hydrogen (secondary N) is 1. The second-order valence-electron chi connectivity index (χ2n) is 5.27. The lowest BCUT2D eigenvalue weighted by molar-refractivity contribution is 0.0934. The Morgan fingerprint density at radius 3 is 2.87 bits per heavy atom. The summed E-state index contributed by atoms with van der Waals surface area (Å²) in [5, 5.41) is 11.7. The third-order valence-corrected chi connectivity index (χ3v) is 4.02. The zero-order chi connectivity index (χ0) is 16.6. The number of amides is 1. The molecule has 3 aromatic heterocycles. The minimum Gasteiger partial charge on any atom is -0.344 e. The van der Waals surface area contributed by atoms with Crippen molar-refractivity contribution in [2.75, 3.05) is 0 Å². The highest BCUT2D eigenvalue weighted by atomic mass is 35.5. The molecule has 1 amide bonds. The number of rotatable bonds is 4. The average molecular weight is 333 g/mol. The van der Waals surface area contributed by atoms with E-state index in [9.17, 15) is 4.79 Å². The molecule has 0 bridgehead atoms. The number of aromatic nitrogens is 5. The fourth-order valence-corrected chi connectivity index (χ4v) is 2.73. The lowest BCUT2D eigenvalue weighted by atomic mass is 10.1. The summed E-state index contributed by atoms with van der Waals surface area (Å²) in [4.78, 5) is 16.6. The molecule has 0 spiro atoms. The topological polar surface area (TPSA) is 77.1 Å². The van der Waals surface area contributed by atoms with Gasteiger partial charge >= 0.3 is 0 Å². The number of aryl methyl sites for hydroxylation is 2. The first-order valence-corrected chi connectivity index (χ1v) is 7.72. The Balaban J connectivity index is 1.85. The summed E-state index contributed by atoms with van der Waals surface area (Å²) < 4.78 is 3.33. The van der Waals surface area contributed by atoms with Crippen LogP contribution in [0.25, 0.3) is 5.65 Å². The van der Waals surface area contributed by atoms with Crippen LogP contribution in [0.4, 0.5) is 0 Å². The highest BCUT2D eigenvalue weighted by Gasteiger charge is 2.22. The summed E-state index contributed by atoms with van der Waals surface area (Å²) in [5.41, 5.74) is 2.49. The minimum atomic E-state index is -0.336. The van der Waals surface area contributed by atoms with Gasteiger partial charge in [0.2, 0.25) is 0 Å². The van der Waals surface area contributed by atoms with Gasteiger partial charge in [0.15, 0.2) is 11.3 Å². The van der Waals surface area contributed by atoms with E-state index in [0.717, 1.165) is 17.8 Å². The number of carbonyl (C=O) groups excluding carboxylic acids is 1. The van der Waals surface area contributed by atoms with Gasteiger partial charge in [-0.2, -0.15) is 10.2 Å². The summed E-state index contributed by atoms with van der Waals surface area (Å²) in [7, 11) is 0. The predicted molar refractivity (Wildman–Crippen MR) is 86.5 cm³/mol. The van der Waals surface area contributed by atoms with Crippen LogP contribution in [0.2, 0.25) is 5.02 Å². The smallest absolute Gasteiger partial charge is 0.273 e. The number of carbonyl (C=O) groups is 1. The van der Waals surface area contributed by atoms with Crippen LogP contribution in [0.5, 0.6) is 0 Å². The van der Waals surface area contributed by atoms with Crippen molar-refractivity contribution in [1.82, 2.24) is 29.7 Å². The number of halogens is 1. The van der Waals surface area contributed by atoms with Crippen molar-refractivity contribution >= 4 is 23.2 Å². The number of fused-ring (bicyclic) bond motifs is 1. The van der Waals surface area contributed by atoms with E-state index in [-0.39, 0.29) is 22.7 Å². The third-order valence-electron chi connectivity index (χ3n) is 3.68. The van der Waals surface area contributed by atoms with Crippen LogP contribution < -0.4 is 5.32 Å². The first-order chi connectivity index (χ1) is 11.0. The van der Waals surface area contributed by atoms with E-state index in [1.54, 1.807) is 18.5 Å². The Labute approximate surface area is 138 Å². The maximum absolute atomic E-state index is 12.5. The van der Waals surface area contributed by atoms with Gasteiger partial charge in [0.1, 0.15) is 5.02 Å². The SMILES string of the molecule is CCn1cc([C@H](C)NC(=O)c2nn3cccnc3c2Cl)c(C)n1. The minimum absolute atomic E-state index is 0.165. The van der Waals surface area contributed by atoms with Crippen molar-refractivity contribution in [3.63, 3.8) is 0 Å². The maximum Gasteiger partial charge on any atom is 0.273 e. The van der Waals surface area contributed by atoms with Gasteiger partial charge in [-0.25, -0.2) is 9.50 Å². The normalized spacial score (nSPS) is 12.5. The molecule has 3 rings (SSSR count). The molecular weight excluding hydrogens is 316 g/mol. The molecule has 1 N–H and O–H groups in total. The van der Waals surface area contributed by atoms with Crippen LogP contribution in [-0.2, 0) is 6.54 Å². The summed E-state index contributed by atoms with van der Waals surface area (Å²) in [6.07, 6.45) is 5.24. The van der Waals surface area contributed by atoms with Gasteiger partial charge in [0.05, 0.1) is 11.7 Å². The van der Waals surface area contributed by atoms with E-state index in [2.05, 4.69) is 20.5 Å². The summed E-state index contributed by atoms with van der Waals surface area (Å²) in [5.74, 6) is -0.336. The fourth-order valence-electron chi connectivity index (χ4n) is 2.47. The second kappa shape index (κ2) is 6.00. The molecule has 0 aromatic carbocycles. The van der Waals surface area contributed by atoms with Gasteiger partial charge in [-0.05, 0) is 26.8 Å². The van der Waals surface area contributed by atoms with Gasteiger partial charge in [0.25, 0.3) is 5.91 Å². The van der Waals surface area contributed by atoms with Crippen molar-refractivity contribution in [2.24, 2.45) is 0 Å². The quantitative estimate of drug-likeness (QED) is 0.795. The van der Waals surface area contributed by atoms with Crippen molar-refractivity contribution in [2.45, 2.75) is 33.4 Å². The molecule has 3 aromatic rings. The molecule has 0 saturated carbocycles. The molecule has 0 aliphatic heterocycles. The molecule has 3 heterocycles. The second-order valence-corrected chi connectivity index (χ2v) is 5.65. The Bertz CT molecular complexity index is 868. The lowest BCUT2D eigenvalue weighted by Gasteiger charge is -2.12. The molecule has 1 atom stereocenters. The lowest BCUT2D eigenvalue weighted by Crippen LogP contribution is -2.27. The third kappa shape index (κ3) is 2.79. The van der Waals surface area contributed by atoms with Crippen LogP contribution in [0.3, 0.4) is 0 Å². The van der Waals surface area contributed by atoms with Gasteiger partial charge in [-0.3, -0.25) is 9.48 Å². The van der Waals surface area contributed by atoms with E-state index in [0.29, 0.717) is 5.65 Å². The molecule has 23 heavy (non-hydrogen) atoms. The highest BCUT2D eigenvalue weighted by Crippen LogP contribution is 2.21. The first kappa shape index (κ1) is 15.5. The van der Waals surface area contributed by atoms with E-state index in [4.69, 9.17) is 11.6 Å². The predicted octanol–water partition coefficient (Wildman–Crippen LogP) is 2.40. The van der Waals surface area contributed by atoms with Crippen LogP contribution >= 0.6 is 11.6 Å². The average Bonchev–Trinajstić information content (AvgIpc) is 3.08. The standard InChI is InChI=1S/C15H17ClN6O/c1-4-21-8-11(10(3)19-21)9(2)18-15(23)13-12(16)14-17-6-5-7-22(14)20-13/h5-9H,4H2,1-3H3,(H,18,23)/t9-/m0/s1. The van der Waals surface area contributed by atoms with Crippen LogP contribution in [0, 0.1) is 6.92 Å². The zero-order valence-electron chi connectivity index (χ0n) is 13.1. The number of nitrogens with zero attached hydrogens (tertiary/aromatic N) is 5. The Kier molecular flexibility index (Phi) is 4.04. The molecule has 7 nitrogen and oxygen atoms in total. The van der Waals surface area contributed by atoms with Crippen LogP contribution in [-0.4, -0.2) is 30.3 Å². The Morgan fingerprint density at radius 2 is 2.22 bits per heavy atom. The monoisotopic (exact) mass is 332 g/mol. The van der Waals surface area contributed by atoms with Crippen molar-refractivity contribution in [3.05, 3.63) is 46.6 Å².